The zero-order valence-electron chi connectivity index (χ0n) is 16.5. The fourth-order valence-electron chi connectivity index (χ4n) is 3.51. The number of rotatable bonds is 4. The summed E-state index contributed by atoms with van der Waals surface area (Å²) in [6, 6.07) is 12.3. The van der Waals surface area contributed by atoms with Crippen LogP contribution >= 0.6 is 11.3 Å². The summed E-state index contributed by atoms with van der Waals surface area (Å²) >= 11 is 1.37. The Morgan fingerprint density at radius 3 is 2.68 bits per heavy atom. The van der Waals surface area contributed by atoms with Crippen LogP contribution in [0.15, 0.2) is 69.5 Å². The van der Waals surface area contributed by atoms with Gasteiger partial charge < -0.3 is 19.4 Å². The number of amides is 1. The number of hydrogen-bond acceptors (Lipinski definition) is 7. The Labute approximate surface area is 181 Å². The second kappa shape index (κ2) is 8.33. The molecule has 0 bridgehead atoms. The van der Waals surface area contributed by atoms with Gasteiger partial charge >= 0.3 is 0 Å². The van der Waals surface area contributed by atoms with Gasteiger partial charge in [0.05, 0.1) is 25.1 Å². The summed E-state index contributed by atoms with van der Waals surface area (Å²) in [6.45, 7) is 2.60. The number of morpholine rings is 1. The molecule has 31 heavy (non-hydrogen) atoms. The van der Waals surface area contributed by atoms with Crippen molar-refractivity contribution in [1.82, 2.24) is 4.98 Å². The molecule has 3 aromatic heterocycles. The van der Waals surface area contributed by atoms with E-state index in [1.807, 2.05) is 22.4 Å². The van der Waals surface area contributed by atoms with Crippen molar-refractivity contribution in [2.24, 2.45) is 0 Å². The maximum Gasteiger partial charge on any atom is 0.255 e. The van der Waals surface area contributed by atoms with Gasteiger partial charge in [-0.25, -0.2) is 0 Å². The van der Waals surface area contributed by atoms with Gasteiger partial charge in [-0.1, -0.05) is 12.1 Å². The van der Waals surface area contributed by atoms with Crippen molar-refractivity contribution >= 4 is 39.1 Å². The van der Waals surface area contributed by atoms with E-state index in [0.717, 1.165) is 11.1 Å². The molecule has 1 amide bonds. The Kier molecular flexibility index (Phi) is 5.23. The van der Waals surface area contributed by atoms with Gasteiger partial charge in [-0.3, -0.25) is 14.6 Å². The van der Waals surface area contributed by atoms with Gasteiger partial charge in [-0.15, -0.1) is 11.3 Å². The van der Waals surface area contributed by atoms with Gasteiger partial charge in [0.2, 0.25) is 5.43 Å². The van der Waals surface area contributed by atoms with Crippen molar-refractivity contribution in [3.63, 3.8) is 0 Å². The number of nitrogens with one attached hydrogen (secondary N) is 1. The van der Waals surface area contributed by atoms with Crippen LogP contribution in [0.5, 0.6) is 0 Å². The number of nitrogens with zero attached hydrogens (tertiary/aromatic N) is 2. The van der Waals surface area contributed by atoms with Gasteiger partial charge in [-0.05, 0) is 29.8 Å². The molecule has 4 aromatic rings. The van der Waals surface area contributed by atoms with E-state index in [0.29, 0.717) is 53.7 Å². The van der Waals surface area contributed by atoms with E-state index in [4.69, 9.17) is 9.15 Å². The van der Waals surface area contributed by atoms with Gasteiger partial charge in [0, 0.05) is 41.9 Å². The number of pyridine rings is 1. The van der Waals surface area contributed by atoms with E-state index in [1.165, 1.54) is 11.3 Å². The Bertz CT molecular complexity index is 1280. The second-order valence-electron chi connectivity index (χ2n) is 7.13. The number of carbonyl (C=O) groups excluding carboxylic acids is 1. The van der Waals surface area contributed by atoms with Crippen molar-refractivity contribution in [3.05, 3.63) is 76.0 Å². The molecule has 0 radical (unpaired) electrons. The van der Waals surface area contributed by atoms with Crippen molar-refractivity contribution in [2.75, 3.05) is 36.5 Å². The fraction of sp³-hybridized carbons (Fsp3) is 0.174. The third-order valence-corrected chi connectivity index (χ3v) is 6.11. The molecular weight excluding hydrogens is 414 g/mol. The Morgan fingerprint density at radius 1 is 1.13 bits per heavy atom. The lowest BCUT2D eigenvalue weighted by Gasteiger charge is -2.27. The van der Waals surface area contributed by atoms with Crippen LogP contribution in [0.2, 0.25) is 0 Å². The Hall–Kier alpha value is -3.49. The zero-order valence-corrected chi connectivity index (χ0v) is 17.4. The highest BCUT2D eigenvalue weighted by molar-refractivity contribution is 7.17. The van der Waals surface area contributed by atoms with E-state index in [2.05, 4.69) is 10.3 Å². The Morgan fingerprint density at radius 2 is 1.94 bits per heavy atom. The molecule has 1 aromatic carbocycles. The molecular formula is C23H19N3O4S. The van der Waals surface area contributed by atoms with Crippen LogP contribution in [0.1, 0.15) is 10.4 Å². The third-order valence-electron chi connectivity index (χ3n) is 5.13. The molecule has 4 heterocycles. The zero-order chi connectivity index (χ0) is 21.2. The summed E-state index contributed by atoms with van der Waals surface area (Å²) in [7, 11) is 0. The predicted molar refractivity (Wildman–Crippen MR) is 121 cm³/mol. The lowest BCUT2D eigenvalue weighted by atomic mass is 10.1. The highest BCUT2D eigenvalue weighted by Gasteiger charge is 2.19. The van der Waals surface area contributed by atoms with Crippen LogP contribution < -0.4 is 15.6 Å². The molecule has 0 unspecified atom stereocenters. The van der Waals surface area contributed by atoms with Crippen molar-refractivity contribution < 1.29 is 13.9 Å². The molecule has 0 saturated carbocycles. The van der Waals surface area contributed by atoms with Crippen molar-refractivity contribution in [3.8, 4) is 11.1 Å². The highest BCUT2D eigenvalue weighted by atomic mass is 32.1. The molecule has 0 atom stereocenters. The predicted octanol–water partition coefficient (Wildman–Crippen LogP) is 4.01. The highest BCUT2D eigenvalue weighted by Crippen LogP contribution is 2.34. The van der Waals surface area contributed by atoms with Gasteiger partial charge in [0.1, 0.15) is 4.70 Å². The third kappa shape index (κ3) is 3.95. The minimum Gasteiger partial charge on any atom is -0.439 e. The first-order chi connectivity index (χ1) is 15.2. The first kappa shape index (κ1) is 19.5. The summed E-state index contributed by atoms with van der Waals surface area (Å²) in [5, 5.41) is 4.74. The van der Waals surface area contributed by atoms with Gasteiger partial charge in [0.15, 0.2) is 11.5 Å². The lowest BCUT2D eigenvalue weighted by molar-refractivity contribution is 0.102. The number of benzene rings is 1. The molecule has 1 N–H and O–H groups in total. The van der Waals surface area contributed by atoms with Crippen LogP contribution in [0.4, 0.5) is 11.6 Å². The average molecular weight is 433 g/mol. The van der Waals surface area contributed by atoms with Crippen molar-refractivity contribution in [1.29, 1.82) is 0 Å². The van der Waals surface area contributed by atoms with E-state index >= 15 is 0 Å². The van der Waals surface area contributed by atoms with E-state index < -0.39 is 0 Å². The topological polar surface area (TPSA) is 84.7 Å². The number of anilines is 2. The first-order valence-electron chi connectivity index (χ1n) is 9.89. The fourth-order valence-corrected chi connectivity index (χ4v) is 4.42. The van der Waals surface area contributed by atoms with Crippen LogP contribution in [0.25, 0.3) is 21.4 Å². The standard InChI is InChI=1S/C23H19N3O4S/c27-19-12-20(26-8-10-29-11-9-26)30-21-18(14-31-22(19)21)15-3-5-16(6-4-15)23(28)25-17-2-1-7-24-13-17/h1-7,12-14H,8-11H2,(H,25,28). The summed E-state index contributed by atoms with van der Waals surface area (Å²) in [5.74, 6) is 0.351. The Balaban J connectivity index is 1.44. The number of fused-ring (bicyclic) bond motifs is 1. The number of carbonyl (C=O) groups is 1. The normalized spacial score (nSPS) is 14.0. The van der Waals surface area contributed by atoms with Gasteiger partial charge in [0.25, 0.3) is 5.91 Å². The van der Waals surface area contributed by atoms with Crippen LogP contribution in [0.3, 0.4) is 0 Å². The summed E-state index contributed by atoms with van der Waals surface area (Å²) < 4.78 is 12.1. The van der Waals surface area contributed by atoms with Crippen LogP contribution in [-0.4, -0.2) is 37.2 Å². The monoisotopic (exact) mass is 433 g/mol. The second-order valence-corrected chi connectivity index (χ2v) is 8.01. The summed E-state index contributed by atoms with van der Waals surface area (Å²) in [4.78, 5) is 31.1. The minimum absolute atomic E-state index is 0.0496. The summed E-state index contributed by atoms with van der Waals surface area (Å²) in [6.07, 6.45) is 3.25. The maximum atomic E-state index is 12.6. The number of ether oxygens (including phenoxy) is 1. The number of aromatic nitrogens is 1. The van der Waals surface area contributed by atoms with E-state index in [-0.39, 0.29) is 11.3 Å². The largest absolute Gasteiger partial charge is 0.439 e. The average Bonchev–Trinajstić information content (AvgIpc) is 3.25. The number of hydrogen-bond donors (Lipinski definition) is 1. The molecule has 7 nitrogen and oxygen atoms in total. The van der Waals surface area contributed by atoms with Gasteiger partial charge in [-0.2, -0.15) is 0 Å². The van der Waals surface area contributed by atoms with Crippen molar-refractivity contribution in [2.45, 2.75) is 0 Å². The maximum absolute atomic E-state index is 12.6. The smallest absolute Gasteiger partial charge is 0.255 e. The quantitative estimate of drug-likeness (QED) is 0.524. The molecule has 1 aliphatic heterocycles. The summed E-state index contributed by atoms with van der Waals surface area (Å²) in [5.41, 5.74) is 3.41. The molecule has 1 aliphatic rings. The van der Waals surface area contributed by atoms with E-state index in [9.17, 15) is 9.59 Å². The lowest BCUT2D eigenvalue weighted by Crippen LogP contribution is -2.36. The SMILES string of the molecule is O=C(Nc1cccnc1)c1ccc(-c2csc3c(=O)cc(N4CCOCC4)oc23)cc1. The molecule has 1 fully saturated rings. The molecule has 5 rings (SSSR count). The molecule has 8 heteroatoms. The van der Waals surface area contributed by atoms with Crippen LogP contribution in [-0.2, 0) is 4.74 Å². The van der Waals surface area contributed by atoms with E-state index in [1.54, 1.807) is 42.7 Å². The minimum atomic E-state index is -0.212. The molecule has 156 valence electrons. The molecule has 0 spiro atoms. The van der Waals surface area contributed by atoms with Crippen LogP contribution in [0, 0.1) is 0 Å². The molecule has 1 saturated heterocycles. The number of thiophene rings is 1. The first-order valence-corrected chi connectivity index (χ1v) is 10.8. The molecule has 0 aliphatic carbocycles.